The number of aliphatic hydroxyl groups excluding tert-OH is 1. The van der Waals surface area contributed by atoms with E-state index in [1.807, 2.05) is 24.3 Å². The lowest BCUT2D eigenvalue weighted by Crippen LogP contribution is -2.12. The Hall–Kier alpha value is -9.12. The second-order valence-electron chi connectivity index (χ2n) is 20.0. The third kappa shape index (κ3) is 9.21. The monoisotopic (exact) mass is 972 g/mol. The van der Waals surface area contributed by atoms with Crippen molar-refractivity contribution < 1.29 is 9.52 Å². The molecule has 366 valence electrons. The Labute approximate surface area is 440 Å². The lowest BCUT2D eigenvalue weighted by atomic mass is 9.86. The van der Waals surface area contributed by atoms with E-state index in [0.29, 0.717) is 5.92 Å². The summed E-state index contributed by atoms with van der Waals surface area (Å²) in [5.74, 6) is 0.296. The smallest absolute Gasteiger partial charge is 0.159 e. The van der Waals surface area contributed by atoms with Crippen molar-refractivity contribution in [2.75, 3.05) is 10.2 Å². The number of allylic oxidation sites excluding steroid dienone is 4. The van der Waals surface area contributed by atoms with Crippen LogP contribution in [-0.4, -0.2) is 5.11 Å². The van der Waals surface area contributed by atoms with E-state index in [-0.39, 0.29) is 0 Å². The highest BCUT2D eigenvalue weighted by atomic mass is 16.3. The molecule has 12 aromatic rings. The van der Waals surface area contributed by atoms with E-state index in [1.165, 1.54) is 71.3 Å². The zero-order chi connectivity index (χ0) is 51.7. The number of hydrogen-bond acceptors (Lipinski definition) is 4. The molecule has 0 bridgehead atoms. The minimum Gasteiger partial charge on any atom is -0.516 e. The number of anilines is 5. The van der Waals surface area contributed by atoms with Gasteiger partial charge in [0.25, 0.3) is 0 Å². The Balaban J connectivity index is 0.000000254. The van der Waals surface area contributed by atoms with Gasteiger partial charge in [0.15, 0.2) is 5.58 Å². The summed E-state index contributed by atoms with van der Waals surface area (Å²) in [5.41, 5.74) is 20.2. The van der Waals surface area contributed by atoms with E-state index in [0.717, 1.165) is 78.9 Å². The highest BCUT2D eigenvalue weighted by Crippen LogP contribution is 2.50. The lowest BCUT2D eigenvalue weighted by Gasteiger charge is -2.29. The summed E-state index contributed by atoms with van der Waals surface area (Å²) in [4.78, 5) is 2.43. The number of benzene rings is 11. The van der Waals surface area contributed by atoms with Gasteiger partial charge in [-0.3, -0.25) is 0 Å². The van der Waals surface area contributed by atoms with E-state index in [1.54, 1.807) is 12.2 Å². The van der Waals surface area contributed by atoms with Gasteiger partial charge in [-0.25, -0.2) is 0 Å². The molecular formula is C71H60N2O2. The molecule has 0 aliphatic rings. The number of aliphatic hydroxyl groups is 1. The maximum absolute atomic E-state index is 8.61. The molecule has 4 heteroatoms. The number of furan rings is 1. The molecule has 1 heterocycles. The van der Waals surface area contributed by atoms with Crippen molar-refractivity contribution in [1.82, 2.24) is 0 Å². The van der Waals surface area contributed by atoms with E-state index in [4.69, 9.17) is 9.52 Å². The van der Waals surface area contributed by atoms with Gasteiger partial charge in [0.2, 0.25) is 0 Å². The molecular weight excluding hydrogens is 913 g/mol. The Bertz CT molecular complexity index is 4120. The zero-order valence-corrected chi connectivity index (χ0v) is 43.4. The predicted octanol–water partition coefficient (Wildman–Crippen LogP) is 20.7. The van der Waals surface area contributed by atoms with Crippen LogP contribution in [0, 0.1) is 27.7 Å². The first-order valence-electron chi connectivity index (χ1n) is 25.8. The van der Waals surface area contributed by atoms with Crippen LogP contribution in [0.25, 0.3) is 82.1 Å². The second kappa shape index (κ2) is 20.4. The summed E-state index contributed by atoms with van der Waals surface area (Å²) < 4.78 is 7.07. The van der Waals surface area contributed by atoms with Gasteiger partial charge in [0, 0.05) is 44.2 Å². The highest BCUT2D eigenvalue weighted by molar-refractivity contribution is 6.29. The molecule has 0 atom stereocenters. The molecule has 0 amide bonds. The van der Waals surface area contributed by atoms with Crippen LogP contribution in [0.4, 0.5) is 28.4 Å². The molecule has 0 spiro atoms. The van der Waals surface area contributed by atoms with Crippen LogP contribution in [0.1, 0.15) is 53.1 Å². The van der Waals surface area contributed by atoms with E-state index in [2.05, 4.69) is 240 Å². The average Bonchev–Trinajstić information content (AvgIpc) is 3.84. The molecule has 75 heavy (non-hydrogen) atoms. The van der Waals surface area contributed by atoms with E-state index < -0.39 is 0 Å². The SMILES string of the molecule is C=C(/C=C\C=C/O)c1cccc(-c2ccccc2C)c1.Cc1ccc(Nc2cc(C)c3ccc4c(N(c5ccc(C)cc5)c5cccc6c5oc5c(-c7ccccc7)cccc56)cc(C(C)C)c5ccc2c3c54)cc1. The predicted molar refractivity (Wildman–Crippen MR) is 322 cm³/mol. The number of rotatable bonds is 11. The highest BCUT2D eigenvalue weighted by Gasteiger charge is 2.26. The van der Waals surface area contributed by atoms with Crippen LogP contribution in [0.5, 0.6) is 0 Å². The van der Waals surface area contributed by atoms with Gasteiger partial charge >= 0.3 is 0 Å². The van der Waals surface area contributed by atoms with Crippen LogP contribution >= 0.6 is 0 Å². The van der Waals surface area contributed by atoms with Crippen LogP contribution in [0.3, 0.4) is 0 Å². The summed E-state index contributed by atoms with van der Waals surface area (Å²) >= 11 is 0. The molecule has 1 aromatic heterocycles. The van der Waals surface area contributed by atoms with Crippen molar-refractivity contribution in [3.63, 3.8) is 0 Å². The fourth-order valence-electron chi connectivity index (χ4n) is 10.8. The third-order valence-electron chi connectivity index (χ3n) is 14.6. The van der Waals surface area contributed by atoms with Gasteiger partial charge in [0.1, 0.15) is 5.58 Å². The van der Waals surface area contributed by atoms with Gasteiger partial charge in [-0.2, -0.15) is 0 Å². The molecule has 4 nitrogen and oxygen atoms in total. The Morgan fingerprint density at radius 3 is 1.89 bits per heavy atom. The van der Waals surface area contributed by atoms with E-state index >= 15 is 0 Å². The van der Waals surface area contributed by atoms with Gasteiger partial charge < -0.3 is 19.7 Å². The van der Waals surface area contributed by atoms with Crippen LogP contribution in [0.15, 0.2) is 236 Å². The van der Waals surface area contributed by atoms with E-state index in [9.17, 15) is 0 Å². The second-order valence-corrected chi connectivity index (χ2v) is 20.0. The molecule has 0 saturated heterocycles. The standard InChI is InChI=1S/C52H42N2O.C19H18O/c1-31(2)45-30-48(44-28-25-38-34(5)29-46(53-36-21-17-32(3)18-22-36)43-27-26-40(45)50(44)49(38)43)54(37-23-19-33(4)20-24-37)47-16-10-15-42-41-14-9-13-39(51(41)55-52(42)47)35-11-7-6-8-12-35;1-15(8-5-6-13-20)17-10-7-11-18(14-17)19-12-4-3-9-16(19)2/h6-31,53H,1-5H3;3-14,20H,1H2,2H3/b;8-5-,13-6-. The van der Waals surface area contributed by atoms with Gasteiger partial charge in [-0.1, -0.05) is 195 Å². The molecule has 2 N–H and O–H groups in total. The Morgan fingerprint density at radius 1 is 0.520 bits per heavy atom. The van der Waals surface area contributed by atoms with Crippen molar-refractivity contribution in [2.24, 2.45) is 0 Å². The summed E-state index contributed by atoms with van der Waals surface area (Å²) in [6.45, 7) is 17.3. The van der Waals surface area contributed by atoms with Gasteiger partial charge in [0.05, 0.1) is 17.6 Å². The number of para-hydroxylation sites is 2. The normalized spacial score (nSPS) is 11.7. The number of nitrogens with one attached hydrogen (secondary N) is 1. The zero-order valence-electron chi connectivity index (χ0n) is 43.4. The Kier molecular flexibility index (Phi) is 13.1. The molecule has 0 radical (unpaired) electrons. The fraction of sp³-hybridized carbons (Fsp3) is 0.0986. The van der Waals surface area contributed by atoms with Crippen molar-refractivity contribution in [2.45, 2.75) is 47.5 Å². The summed E-state index contributed by atoms with van der Waals surface area (Å²) in [6.07, 6.45) is 6.22. The molecule has 11 aromatic carbocycles. The molecule has 0 aliphatic carbocycles. The first-order valence-corrected chi connectivity index (χ1v) is 25.8. The van der Waals surface area contributed by atoms with Crippen molar-refractivity contribution in [3.8, 4) is 22.3 Å². The number of fused-ring (bicyclic) bond motifs is 3. The molecule has 0 fully saturated rings. The summed E-state index contributed by atoms with van der Waals surface area (Å²) in [5, 5.41) is 22.2. The van der Waals surface area contributed by atoms with Crippen molar-refractivity contribution in [3.05, 3.63) is 265 Å². The number of hydrogen-bond donors (Lipinski definition) is 2. The third-order valence-corrected chi connectivity index (χ3v) is 14.6. The minimum absolute atomic E-state index is 0.296. The maximum atomic E-state index is 8.61. The average molecular weight is 973 g/mol. The maximum Gasteiger partial charge on any atom is 0.159 e. The summed E-state index contributed by atoms with van der Waals surface area (Å²) in [7, 11) is 0. The largest absolute Gasteiger partial charge is 0.516 e. The number of aryl methyl sites for hydroxylation is 4. The molecule has 0 unspecified atom stereocenters. The van der Waals surface area contributed by atoms with Crippen LogP contribution in [0.2, 0.25) is 0 Å². The number of nitrogens with zero attached hydrogens (tertiary/aromatic N) is 1. The lowest BCUT2D eigenvalue weighted by molar-refractivity contribution is 0.474. The van der Waals surface area contributed by atoms with Gasteiger partial charge in [-0.15, -0.1) is 0 Å². The van der Waals surface area contributed by atoms with Gasteiger partial charge in [-0.05, 0) is 154 Å². The first-order chi connectivity index (χ1) is 36.6. The Morgan fingerprint density at radius 2 is 1.15 bits per heavy atom. The topological polar surface area (TPSA) is 48.6 Å². The summed E-state index contributed by atoms with van der Waals surface area (Å²) in [6, 6.07) is 71.9. The molecule has 12 rings (SSSR count). The van der Waals surface area contributed by atoms with Crippen LogP contribution < -0.4 is 10.2 Å². The fourth-order valence-corrected chi connectivity index (χ4v) is 10.8. The minimum atomic E-state index is 0.296. The van der Waals surface area contributed by atoms with Crippen molar-refractivity contribution in [1.29, 1.82) is 0 Å². The van der Waals surface area contributed by atoms with Crippen molar-refractivity contribution >= 4 is 88.3 Å². The molecule has 0 saturated carbocycles. The molecule has 0 aliphatic heterocycles. The van der Waals surface area contributed by atoms with Crippen LogP contribution in [-0.2, 0) is 0 Å². The first kappa shape index (κ1) is 48.2. The quantitative estimate of drug-likeness (QED) is 0.0770.